The molecule has 0 aliphatic carbocycles. The first kappa shape index (κ1) is 18.8. The van der Waals surface area contributed by atoms with Gasteiger partial charge >= 0.3 is 12.0 Å². The number of thiophene rings is 1. The minimum Gasteiger partial charge on any atom is -0.497 e. The van der Waals surface area contributed by atoms with Crippen molar-refractivity contribution in [2.75, 3.05) is 25.6 Å². The number of carbonyl (C=O) groups is 2. The maximum Gasteiger partial charge on any atom is 0.338 e. The molecule has 7 nitrogen and oxygen atoms in total. The van der Waals surface area contributed by atoms with Crippen molar-refractivity contribution in [1.82, 2.24) is 10.6 Å². The molecule has 3 rings (SSSR count). The zero-order valence-corrected chi connectivity index (χ0v) is 15.9. The van der Waals surface area contributed by atoms with Gasteiger partial charge in [-0.25, -0.2) is 9.59 Å². The number of esters is 1. The number of anilines is 1. The summed E-state index contributed by atoms with van der Waals surface area (Å²) < 4.78 is 10.4. The molecule has 2 amide bonds. The maximum absolute atomic E-state index is 12.6. The van der Waals surface area contributed by atoms with Crippen molar-refractivity contribution in [2.45, 2.75) is 13.0 Å². The largest absolute Gasteiger partial charge is 0.497 e. The molecule has 1 aliphatic rings. The Balaban J connectivity index is 1.88. The molecule has 0 saturated heterocycles. The van der Waals surface area contributed by atoms with Gasteiger partial charge in [0.15, 0.2) is 0 Å². The van der Waals surface area contributed by atoms with E-state index in [0.717, 1.165) is 16.3 Å². The van der Waals surface area contributed by atoms with E-state index in [1.54, 1.807) is 14.0 Å². The van der Waals surface area contributed by atoms with Crippen LogP contribution in [0.4, 0.5) is 10.5 Å². The molecule has 1 aromatic carbocycles. The second-order valence-electron chi connectivity index (χ2n) is 5.74. The van der Waals surface area contributed by atoms with E-state index in [1.807, 2.05) is 41.8 Å². The van der Waals surface area contributed by atoms with E-state index in [9.17, 15) is 9.59 Å². The highest BCUT2D eigenvalue weighted by Crippen LogP contribution is 2.30. The zero-order chi connectivity index (χ0) is 19.2. The van der Waals surface area contributed by atoms with Gasteiger partial charge in [0.25, 0.3) is 0 Å². The molecule has 0 saturated carbocycles. The van der Waals surface area contributed by atoms with Crippen LogP contribution < -0.4 is 20.7 Å². The van der Waals surface area contributed by atoms with Crippen LogP contribution in [0.3, 0.4) is 0 Å². The Morgan fingerprint density at radius 1 is 1.26 bits per heavy atom. The van der Waals surface area contributed by atoms with Gasteiger partial charge in [0.1, 0.15) is 5.75 Å². The van der Waals surface area contributed by atoms with Crippen LogP contribution in [0, 0.1) is 0 Å². The van der Waals surface area contributed by atoms with Crippen molar-refractivity contribution in [3.63, 3.8) is 0 Å². The smallest absolute Gasteiger partial charge is 0.338 e. The predicted molar refractivity (Wildman–Crippen MR) is 104 cm³/mol. The van der Waals surface area contributed by atoms with Crippen molar-refractivity contribution in [3.8, 4) is 5.75 Å². The summed E-state index contributed by atoms with van der Waals surface area (Å²) in [6.45, 7) is 2.28. The lowest BCUT2D eigenvalue weighted by molar-refractivity contribution is -0.139. The Morgan fingerprint density at radius 2 is 2.04 bits per heavy atom. The summed E-state index contributed by atoms with van der Waals surface area (Å²) in [7, 11) is 1.61. The molecule has 1 atom stereocenters. The lowest BCUT2D eigenvalue weighted by Gasteiger charge is -2.28. The Morgan fingerprint density at radius 3 is 2.67 bits per heavy atom. The predicted octanol–water partition coefficient (Wildman–Crippen LogP) is 3.04. The van der Waals surface area contributed by atoms with E-state index in [0.29, 0.717) is 11.3 Å². The van der Waals surface area contributed by atoms with Crippen molar-refractivity contribution in [2.24, 2.45) is 0 Å². The molecular formula is C19H21N3O4S. The van der Waals surface area contributed by atoms with Gasteiger partial charge in [-0.1, -0.05) is 6.07 Å². The molecule has 3 N–H and O–H groups in total. The molecule has 1 aliphatic heterocycles. The number of carbonyl (C=O) groups excluding carboxylic acids is 2. The highest BCUT2D eigenvalue weighted by Gasteiger charge is 2.34. The minimum absolute atomic E-state index is 0.257. The number of urea groups is 1. The molecule has 0 spiro atoms. The number of amides is 2. The topological polar surface area (TPSA) is 88.7 Å². The van der Waals surface area contributed by atoms with E-state index in [2.05, 4.69) is 16.0 Å². The Kier molecular flexibility index (Phi) is 5.97. The van der Waals surface area contributed by atoms with Crippen molar-refractivity contribution in [1.29, 1.82) is 0 Å². The summed E-state index contributed by atoms with van der Waals surface area (Å²) in [5.74, 6) is 0.301. The molecule has 2 heterocycles. The van der Waals surface area contributed by atoms with Crippen LogP contribution in [0.2, 0.25) is 0 Å². The maximum atomic E-state index is 12.6. The lowest BCUT2D eigenvalue weighted by Crippen LogP contribution is -2.47. The van der Waals surface area contributed by atoms with Crippen LogP contribution in [0.25, 0.3) is 0 Å². The van der Waals surface area contributed by atoms with E-state index in [1.165, 1.54) is 11.3 Å². The third-order valence-corrected chi connectivity index (χ3v) is 4.97. The second-order valence-corrected chi connectivity index (χ2v) is 6.72. The van der Waals surface area contributed by atoms with Gasteiger partial charge in [0, 0.05) is 10.6 Å². The van der Waals surface area contributed by atoms with Gasteiger partial charge in [0.2, 0.25) is 0 Å². The standard InChI is InChI=1S/C19H21N3O4S/c1-3-26-18(23)16-14(11-20-12-6-8-13(25-2)9-7-12)21-19(24)22-17(16)15-5-4-10-27-15/h4-10,17,20H,3,11H2,1-2H3,(H2,21,22,24). The quantitative estimate of drug-likeness (QED) is 0.636. The number of benzene rings is 1. The molecule has 0 fully saturated rings. The number of ether oxygens (including phenoxy) is 2. The van der Waals surface area contributed by atoms with Crippen LogP contribution in [-0.2, 0) is 9.53 Å². The van der Waals surface area contributed by atoms with E-state index < -0.39 is 12.0 Å². The minimum atomic E-state index is -0.537. The molecule has 2 aromatic rings. The van der Waals surface area contributed by atoms with Crippen molar-refractivity contribution >= 4 is 29.0 Å². The highest BCUT2D eigenvalue weighted by molar-refractivity contribution is 7.10. The van der Waals surface area contributed by atoms with Gasteiger partial charge < -0.3 is 25.4 Å². The summed E-state index contributed by atoms with van der Waals surface area (Å²) in [5.41, 5.74) is 1.73. The molecule has 142 valence electrons. The van der Waals surface area contributed by atoms with Crippen LogP contribution in [0.15, 0.2) is 53.0 Å². The first-order valence-electron chi connectivity index (χ1n) is 8.51. The fraction of sp³-hybridized carbons (Fsp3) is 0.263. The molecule has 1 unspecified atom stereocenters. The average molecular weight is 387 g/mol. The molecule has 1 aromatic heterocycles. The highest BCUT2D eigenvalue weighted by atomic mass is 32.1. The molecular weight excluding hydrogens is 366 g/mol. The van der Waals surface area contributed by atoms with Crippen LogP contribution in [-0.4, -0.2) is 32.3 Å². The number of nitrogens with one attached hydrogen (secondary N) is 3. The summed E-state index contributed by atoms with van der Waals surface area (Å²) in [4.78, 5) is 25.6. The monoisotopic (exact) mass is 387 g/mol. The number of hydrogen-bond donors (Lipinski definition) is 3. The fourth-order valence-corrected chi connectivity index (χ4v) is 3.56. The average Bonchev–Trinajstić information content (AvgIpc) is 3.21. The van der Waals surface area contributed by atoms with Crippen molar-refractivity contribution < 1.29 is 19.1 Å². The van der Waals surface area contributed by atoms with Crippen LogP contribution >= 0.6 is 11.3 Å². The van der Waals surface area contributed by atoms with E-state index >= 15 is 0 Å². The number of rotatable bonds is 7. The van der Waals surface area contributed by atoms with Gasteiger partial charge in [-0.2, -0.15) is 0 Å². The lowest BCUT2D eigenvalue weighted by atomic mass is 10.0. The Hall–Kier alpha value is -3.00. The summed E-state index contributed by atoms with van der Waals surface area (Å²) >= 11 is 1.47. The third-order valence-electron chi connectivity index (χ3n) is 4.04. The van der Waals surface area contributed by atoms with Crippen molar-refractivity contribution in [3.05, 3.63) is 57.9 Å². The molecule has 0 radical (unpaired) electrons. The zero-order valence-electron chi connectivity index (χ0n) is 15.1. The van der Waals surface area contributed by atoms with Crippen LogP contribution in [0.5, 0.6) is 5.75 Å². The van der Waals surface area contributed by atoms with Gasteiger partial charge in [-0.05, 0) is 42.6 Å². The molecule has 27 heavy (non-hydrogen) atoms. The number of hydrogen-bond acceptors (Lipinski definition) is 6. The number of methoxy groups -OCH3 is 1. The normalized spacial score (nSPS) is 16.4. The fourth-order valence-electron chi connectivity index (χ4n) is 2.78. The van der Waals surface area contributed by atoms with E-state index in [-0.39, 0.29) is 19.2 Å². The summed E-state index contributed by atoms with van der Waals surface area (Å²) in [5, 5.41) is 10.7. The van der Waals surface area contributed by atoms with Gasteiger partial charge in [-0.15, -0.1) is 11.3 Å². The van der Waals surface area contributed by atoms with Gasteiger partial charge in [-0.3, -0.25) is 0 Å². The second kappa shape index (κ2) is 8.59. The van der Waals surface area contributed by atoms with Crippen LogP contribution in [0.1, 0.15) is 17.8 Å². The summed E-state index contributed by atoms with van der Waals surface area (Å²) in [6.07, 6.45) is 0. The Bertz CT molecular complexity index is 831. The first-order valence-corrected chi connectivity index (χ1v) is 9.39. The SMILES string of the molecule is CCOC(=O)C1=C(CNc2ccc(OC)cc2)NC(=O)NC1c1cccs1. The third kappa shape index (κ3) is 4.40. The summed E-state index contributed by atoms with van der Waals surface area (Å²) in [6, 6.07) is 10.3. The first-order chi connectivity index (χ1) is 13.1. The van der Waals surface area contributed by atoms with E-state index in [4.69, 9.17) is 9.47 Å². The Labute approximate surface area is 161 Å². The van der Waals surface area contributed by atoms with Gasteiger partial charge in [0.05, 0.1) is 37.6 Å². The molecule has 0 bridgehead atoms. The molecule has 8 heteroatoms.